The Morgan fingerprint density at radius 3 is 2.77 bits per heavy atom. The Labute approximate surface area is 81.2 Å². The second-order valence-electron chi connectivity index (χ2n) is 2.41. The van der Waals surface area contributed by atoms with Crippen molar-refractivity contribution in [1.29, 1.82) is 0 Å². The van der Waals surface area contributed by atoms with Crippen LogP contribution in [0.3, 0.4) is 0 Å². The summed E-state index contributed by atoms with van der Waals surface area (Å²) in [5.74, 6) is 0. The van der Waals surface area contributed by atoms with Crippen molar-refractivity contribution >= 4 is 12.4 Å². The van der Waals surface area contributed by atoms with Crippen LogP contribution in [0.2, 0.25) is 0 Å². The van der Waals surface area contributed by atoms with Crippen molar-refractivity contribution < 1.29 is 0 Å². The van der Waals surface area contributed by atoms with E-state index in [2.05, 4.69) is 10.2 Å². The van der Waals surface area contributed by atoms with Gasteiger partial charge in [-0.25, -0.2) is 0 Å². The fourth-order valence-electron chi connectivity index (χ4n) is 1.06. The Kier molecular flexibility index (Phi) is 2.93. The maximum atomic E-state index is 11.2. The highest BCUT2D eigenvalue weighted by Gasteiger charge is 2.02. The average Bonchev–Trinajstić information content (AvgIpc) is 2.30. The fraction of sp³-hybridized carbons (Fsp3) is 0. The fourth-order valence-corrected chi connectivity index (χ4v) is 1.06. The van der Waals surface area contributed by atoms with E-state index in [0.29, 0.717) is 11.3 Å². The third-order valence-electron chi connectivity index (χ3n) is 1.62. The van der Waals surface area contributed by atoms with Crippen LogP contribution in [0, 0.1) is 0 Å². The number of rotatable bonds is 0. The predicted molar refractivity (Wildman–Crippen MR) is 52.2 cm³/mol. The van der Waals surface area contributed by atoms with Gasteiger partial charge in [-0.05, 0) is 24.3 Å². The number of nitrogens with zero attached hydrogens (tertiary/aromatic N) is 2. The first-order valence-electron chi connectivity index (χ1n) is 3.59. The van der Waals surface area contributed by atoms with E-state index >= 15 is 0 Å². The van der Waals surface area contributed by atoms with Crippen molar-refractivity contribution in [2.45, 2.75) is 0 Å². The molecule has 4 heteroatoms. The Morgan fingerprint density at radius 1 is 1.08 bits per heavy atom. The van der Waals surface area contributed by atoms with Gasteiger partial charge in [-0.3, -0.25) is 4.79 Å². The SMILES string of the molecule is Cl.O=c1cccc2nncccc1-2. The molecule has 0 amide bonds. The van der Waals surface area contributed by atoms with Gasteiger partial charge in [0.05, 0.1) is 5.69 Å². The van der Waals surface area contributed by atoms with Crippen LogP contribution in [0.15, 0.2) is 41.3 Å². The van der Waals surface area contributed by atoms with Gasteiger partial charge in [0.15, 0.2) is 5.43 Å². The van der Waals surface area contributed by atoms with Gasteiger partial charge in [-0.2, -0.15) is 10.2 Å². The van der Waals surface area contributed by atoms with Crippen LogP contribution in [0.25, 0.3) is 11.3 Å². The standard InChI is InChI=1S/C9H6N2O.ClH/c12-9-5-1-4-8-7(9)3-2-6-10-11-8;/h1-6H;1H. The van der Waals surface area contributed by atoms with Crippen LogP contribution in [-0.2, 0) is 0 Å². The zero-order chi connectivity index (χ0) is 8.39. The molecule has 2 aliphatic rings. The molecule has 1 heterocycles. The number of halogens is 1. The van der Waals surface area contributed by atoms with Crippen LogP contribution in [0.4, 0.5) is 0 Å². The predicted octanol–water partition coefficient (Wildman–Crippen LogP) is 1.36. The van der Waals surface area contributed by atoms with E-state index in [9.17, 15) is 4.79 Å². The largest absolute Gasteiger partial charge is 0.289 e. The maximum absolute atomic E-state index is 11.2. The molecule has 66 valence electrons. The lowest BCUT2D eigenvalue weighted by molar-refractivity contribution is 1.06. The van der Waals surface area contributed by atoms with Crippen molar-refractivity contribution in [3.05, 3.63) is 46.8 Å². The minimum atomic E-state index is -0.0157. The summed E-state index contributed by atoms with van der Waals surface area (Å²) < 4.78 is 0. The molecule has 0 aromatic rings. The first kappa shape index (κ1) is 9.61. The molecule has 0 unspecified atom stereocenters. The van der Waals surface area contributed by atoms with E-state index < -0.39 is 0 Å². The Morgan fingerprint density at radius 2 is 1.92 bits per heavy atom. The molecule has 0 atom stereocenters. The van der Waals surface area contributed by atoms with Gasteiger partial charge in [-0.1, -0.05) is 6.07 Å². The smallest absolute Gasteiger partial charge is 0.188 e. The van der Waals surface area contributed by atoms with Gasteiger partial charge >= 0.3 is 0 Å². The Hall–Kier alpha value is -1.48. The summed E-state index contributed by atoms with van der Waals surface area (Å²) in [4.78, 5) is 11.2. The summed E-state index contributed by atoms with van der Waals surface area (Å²) in [6.45, 7) is 0. The summed E-state index contributed by atoms with van der Waals surface area (Å²) in [7, 11) is 0. The molecule has 0 N–H and O–H groups in total. The van der Waals surface area contributed by atoms with Crippen LogP contribution >= 0.6 is 12.4 Å². The second kappa shape index (κ2) is 3.96. The first-order chi connectivity index (χ1) is 5.88. The minimum Gasteiger partial charge on any atom is -0.289 e. The lowest BCUT2D eigenvalue weighted by Gasteiger charge is -1.93. The maximum Gasteiger partial charge on any atom is 0.188 e. The van der Waals surface area contributed by atoms with Crippen LogP contribution < -0.4 is 5.43 Å². The number of fused-ring (bicyclic) bond motifs is 1. The molecule has 3 nitrogen and oxygen atoms in total. The van der Waals surface area contributed by atoms with Gasteiger partial charge < -0.3 is 0 Å². The number of hydrogen-bond donors (Lipinski definition) is 0. The lowest BCUT2D eigenvalue weighted by Crippen LogP contribution is -2.02. The summed E-state index contributed by atoms with van der Waals surface area (Å²) in [5, 5.41) is 7.58. The minimum absolute atomic E-state index is 0. The van der Waals surface area contributed by atoms with Crippen LogP contribution in [-0.4, -0.2) is 10.2 Å². The molecular weight excluding hydrogens is 188 g/mol. The Bertz CT molecular complexity index is 433. The lowest BCUT2D eigenvalue weighted by atomic mass is 10.1. The zero-order valence-corrected chi connectivity index (χ0v) is 7.49. The highest BCUT2D eigenvalue weighted by atomic mass is 35.5. The van der Waals surface area contributed by atoms with Crippen molar-refractivity contribution in [3.8, 4) is 11.3 Å². The van der Waals surface area contributed by atoms with Crippen LogP contribution in [0.1, 0.15) is 0 Å². The first-order valence-corrected chi connectivity index (χ1v) is 3.59. The summed E-state index contributed by atoms with van der Waals surface area (Å²) in [6, 6.07) is 8.39. The normalized spacial score (nSPS) is 9.23. The molecule has 0 radical (unpaired) electrons. The molecule has 0 bridgehead atoms. The number of aromatic nitrogens is 2. The van der Waals surface area contributed by atoms with E-state index in [1.54, 1.807) is 30.5 Å². The van der Waals surface area contributed by atoms with Gasteiger partial charge in [0.25, 0.3) is 0 Å². The topological polar surface area (TPSA) is 42.9 Å². The molecule has 0 aromatic carbocycles. The molecule has 1 aliphatic carbocycles. The van der Waals surface area contributed by atoms with Gasteiger partial charge in [0, 0.05) is 11.8 Å². The third kappa shape index (κ3) is 1.81. The van der Waals surface area contributed by atoms with Crippen molar-refractivity contribution in [2.24, 2.45) is 0 Å². The number of benzene rings is 1. The highest BCUT2D eigenvalue weighted by molar-refractivity contribution is 5.85. The quantitative estimate of drug-likeness (QED) is 0.636. The summed E-state index contributed by atoms with van der Waals surface area (Å²) in [6.07, 6.45) is 1.56. The summed E-state index contributed by atoms with van der Waals surface area (Å²) >= 11 is 0. The van der Waals surface area contributed by atoms with E-state index in [4.69, 9.17) is 0 Å². The molecule has 2 rings (SSSR count). The molecule has 0 saturated heterocycles. The summed E-state index contributed by atoms with van der Waals surface area (Å²) in [5.41, 5.74) is 1.22. The molecule has 0 spiro atoms. The van der Waals surface area contributed by atoms with Gasteiger partial charge in [0.1, 0.15) is 0 Å². The van der Waals surface area contributed by atoms with E-state index in [1.807, 2.05) is 0 Å². The van der Waals surface area contributed by atoms with E-state index in [-0.39, 0.29) is 17.8 Å². The number of hydrogen-bond acceptors (Lipinski definition) is 3. The molecule has 0 fully saturated rings. The van der Waals surface area contributed by atoms with E-state index in [0.717, 1.165) is 0 Å². The molecular formula is C9H7ClN2O. The average molecular weight is 195 g/mol. The third-order valence-corrected chi connectivity index (χ3v) is 1.62. The van der Waals surface area contributed by atoms with Crippen LogP contribution in [0.5, 0.6) is 0 Å². The monoisotopic (exact) mass is 194 g/mol. The Balaban J connectivity index is 0.000000845. The van der Waals surface area contributed by atoms with Crippen molar-refractivity contribution in [1.82, 2.24) is 10.2 Å². The van der Waals surface area contributed by atoms with Gasteiger partial charge in [0.2, 0.25) is 0 Å². The zero-order valence-electron chi connectivity index (χ0n) is 6.68. The van der Waals surface area contributed by atoms with Crippen molar-refractivity contribution in [2.75, 3.05) is 0 Å². The van der Waals surface area contributed by atoms with Crippen molar-refractivity contribution in [3.63, 3.8) is 0 Å². The van der Waals surface area contributed by atoms with Gasteiger partial charge in [-0.15, -0.1) is 12.4 Å². The van der Waals surface area contributed by atoms with E-state index in [1.165, 1.54) is 6.07 Å². The highest BCUT2D eigenvalue weighted by Crippen LogP contribution is 2.09. The molecule has 1 aliphatic heterocycles. The second-order valence-corrected chi connectivity index (χ2v) is 2.41. The molecule has 0 saturated carbocycles. The molecule has 13 heavy (non-hydrogen) atoms. The molecule has 0 aromatic heterocycles.